The zero-order valence-corrected chi connectivity index (χ0v) is 12.5. The molecule has 4 nitrogen and oxygen atoms in total. The summed E-state index contributed by atoms with van der Waals surface area (Å²) in [6, 6.07) is 5.19. The lowest BCUT2D eigenvalue weighted by Crippen LogP contribution is -2.42. The highest BCUT2D eigenvalue weighted by Crippen LogP contribution is 2.21. The molecule has 1 aromatic heterocycles. The quantitative estimate of drug-likeness (QED) is 0.947. The summed E-state index contributed by atoms with van der Waals surface area (Å²) in [7, 11) is 0. The molecule has 1 aliphatic heterocycles. The van der Waals surface area contributed by atoms with Crippen LogP contribution >= 0.6 is 11.6 Å². The highest BCUT2D eigenvalue weighted by molar-refractivity contribution is 6.31. The minimum absolute atomic E-state index is 0.0407. The highest BCUT2D eigenvalue weighted by atomic mass is 35.5. The van der Waals surface area contributed by atoms with Crippen LogP contribution in [0.2, 0.25) is 5.02 Å². The molecule has 0 saturated carbocycles. The van der Waals surface area contributed by atoms with E-state index in [2.05, 4.69) is 4.90 Å². The molecule has 21 heavy (non-hydrogen) atoms. The summed E-state index contributed by atoms with van der Waals surface area (Å²) in [5, 5.41) is 10.5. The zero-order valence-electron chi connectivity index (χ0n) is 11.7. The minimum atomic E-state index is -0.0407. The van der Waals surface area contributed by atoms with Crippen molar-refractivity contribution in [1.82, 2.24) is 4.90 Å². The Hall–Kier alpha value is -1.36. The van der Waals surface area contributed by atoms with Gasteiger partial charge in [-0.2, -0.15) is 0 Å². The third-order valence-corrected chi connectivity index (χ3v) is 4.37. The van der Waals surface area contributed by atoms with Crippen LogP contribution in [0.4, 0.5) is 0 Å². The van der Waals surface area contributed by atoms with Crippen molar-refractivity contribution in [2.45, 2.75) is 31.8 Å². The first kappa shape index (κ1) is 14.6. The summed E-state index contributed by atoms with van der Waals surface area (Å²) in [6.07, 6.45) is 4.73. The first-order valence-electron chi connectivity index (χ1n) is 7.24. The van der Waals surface area contributed by atoms with Gasteiger partial charge in [0.2, 0.25) is 0 Å². The van der Waals surface area contributed by atoms with Gasteiger partial charge in [0, 0.05) is 23.2 Å². The van der Waals surface area contributed by atoms with Crippen LogP contribution in [-0.4, -0.2) is 29.2 Å². The third-order valence-electron chi connectivity index (χ3n) is 4.14. The fourth-order valence-electron chi connectivity index (χ4n) is 2.95. The van der Waals surface area contributed by atoms with Gasteiger partial charge in [-0.3, -0.25) is 9.69 Å². The van der Waals surface area contributed by atoms with E-state index >= 15 is 0 Å². The first-order valence-corrected chi connectivity index (χ1v) is 7.61. The molecule has 0 spiro atoms. The molecule has 1 aliphatic rings. The minimum Gasteiger partial charge on any atom is -0.464 e. The van der Waals surface area contributed by atoms with Crippen molar-refractivity contribution in [1.29, 1.82) is 0 Å². The van der Waals surface area contributed by atoms with E-state index in [1.165, 1.54) is 6.26 Å². The Labute approximate surface area is 127 Å². The van der Waals surface area contributed by atoms with Crippen molar-refractivity contribution in [3.63, 3.8) is 0 Å². The normalized spacial score (nSPS) is 20.0. The summed E-state index contributed by atoms with van der Waals surface area (Å²) in [4.78, 5) is 14.7. The van der Waals surface area contributed by atoms with Crippen LogP contribution in [0.25, 0.3) is 11.0 Å². The van der Waals surface area contributed by atoms with E-state index in [0.717, 1.165) is 25.8 Å². The lowest BCUT2D eigenvalue weighted by atomic mass is 10.0. The fourth-order valence-corrected chi connectivity index (χ4v) is 3.12. The number of piperidine rings is 1. The number of nitrogens with zero attached hydrogens (tertiary/aromatic N) is 1. The van der Waals surface area contributed by atoms with Gasteiger partial charge in [0.25, 0.3) is 0 Å². The van der Waals surface area contributed by atoms with E-state index < -0.39 is 0 Å². The Balaban J connectivity index is 1.93. The van der Waals surface area contributed by atoms with E-state index in [0.29, 0.717) is 28.1 Å². The van der Waals surface area contributed by atoms with Crippen molar-refractivity contribution in [2.24, 2.45) is 0 Å². The second kappa shape index (κ2) is 6.18. The molecule has 2 heterocycles. The van der Waals surface area contributed by atoms with Gasteiger partial charge >= 0.3 is 0 Å². The van der Waals surface area contributed by atoms with E-state index in [9.17, 15) is 9.90 Å². The topological polar surface area (TPSA) is 53.7 Å². The number of benzene rings is 1. The van der Waals surface area contributed by atoms with Gasteiger partial charge in [-0.05, 0) is 37.6 Å². The first-order chi connectivity index (χ1) is 10.2. The monoisotopic (exact) mass is 307 g/mol. The van der Waals surface area contributed by atoms with Gasteiger partial charge in [-0.25, -0.2) is 0 Å². The van der Waals surface area contributed by atoms with Crippen LogP contribution in [-0.2, 0) is 6.54 Å². The second-order valence-electron chi connectivity index (χ2n) is 5.53. The summed E-state index contributed by atoms with van der Waals surface area (Å²) in [6.45, 7) is 1.54. The maximum atomic E-state index is 12.5. The van der Waals surface area contributed by atoms with E-state index in [-0.39, 0.29) is 18.1 Å². The number of fused-ring (bicyclic) bond motifs is 1. The molecule has 0 unspecified atom stereocenters. The fraction of sp³-hybridized carbons (Fsp3) is 0.438. The predicted octanol–water partition coefficient (Wildman–Crippen LogP) is 2.79. The van der Waals surface area contributed by atoms with Crippen molar-refractivity contribution in [3.05, 3.63) is 45.3 Å². The van der Waals surface area contributed by atoms with Crippen LogP contribution in [0.5, 0.6) is 0 Å². The van der Waals surface area contributed by atoms with E-state index in [1.807, 2.05) is 0 Å². The largest absolute Gasteiger partial charge is 0.464 e. The third kappa shape index (κ3) is 2.98. The van der Waals surface area contributed by atoms with E-state index in [1.54, 1.807) is 18.2 Å². The Bertz CT molecular complexity index is 697. The van der Waals surface area contributed by atoms with Crippen molar-refractivity contribution < 1.29 is 9.52 Å². The van der Waals surface area contributed by atoms with Crippen LogP contribution in [0.1, 0.15) is 24.8 Å². The number of rotatable bonds is 3. The number of hydrogen-bond acceptors (Lipinski definition) is 4. The van der Waals surface area contributed by atoms with Crippen LogP contribution < -0.4 is 5.43 Å². The summed E-state index contributed by atoms with van der Waals surface area (Å²) in [5.41, 5.74) is 1.12. The number of aliphatic hydroxyl groups excluding tert-OH is 1. The van der Waals surface area contributed by atoms with Crippen LogP contribution in [0.3, 0.4) is 0 Å². The smallest absolute Gasteiger partial charge is 0.197 e. The molecule has 112 valence electrons. The SMILES string of the molecule is O=c1c(CN2CCCC[C@H]2CO)coc2ccc(Cl)cc12. The van der Waals surface area contributed by atoms with Crippen molar-refractivity contribution in [3.8, 4) is 0 Å². The maximum Gasteiger partial charge on any atom is 0.197 e. The van der Waals surface area contributed by atoms with E-state index in [4.69, 9.17) is 16.0 Å². The number of aliphatic hydroxyl groups is 1. The Kier molecular flexibility index (Phi) is 4.29. The lowest BCUT2D eigenvalue weighted by molar-refractivity contribution is 0.0835. The molecule has 5 heteroatoms. The molecule has 1 saturated heterocycles. The molecule has 3 rings (SSSR count). The molecule has 0 aliphatic carbocycles. The van der Waals surface area contributed by atoms with Gasteiger partial charge in [-0.15, -0.1) is 0 Å². The average molecular weight is 308 g/mol. The van der Waals surface area contributed by atoms with Gasteiger partial charge in [-0.1, -0.05) is 18.0 Å². The van der Waals surface area contributed by atoms with Crippen molar-refractivity contribution >= 4 is 22.6 Å². The molecular formula is C16H18ClNO3. The molecular weight excluding hydrogens is 290 g/mol. The standard InChI is InChI=1S/C16H18ClNO3/c17-12-4-5-15-14(7-12)16(20)11(10-21-15)8-18-6-2-1-3-13(18)9-19/h4-5,7,10,13,19H,1-3,6,8-9H2/t13-/m0/s1. The van der Waals surface area contributed by atoms with Crippen LogP contribution in [0, 0.1) is 0 Å². The maximum absolute atomic E-state index is 12.5. The van der Waals surface area contributed by atoms with Gasteiger partial charge in [0.05, 0.1) is 18.3 Å². The Morgan fingerprint density at radius 2 is 2.24 bits per heavy atom. The van der Waals surface area contributed by atoms with Crippen LogP contribution in [0.15, 0.2) is 33.7 Å². The average Bonchev–Trinajstić information content (AvgIpc) is 2.51. The second-order valence-corrected chi connectivity index (χ2v) is 5.97. The summed E-state index contributed by atoms with van der Waals surface area (Å²) < 4.78 is 5.54. The van der Waals surface area contributed by atoms with Gasteiger partial charge in [0.15, 0.2) is 5.43 Å². The number of halogens is 1. The molecule has 0 radical (unpaired) electrons. The zero-order chi connectivity index (χ0) is 14.8. The highest BCUT2D eigenvalue weighted by Gasteiger charge is 2.23. The lowest BCUT2D eigenvalue weighted by Gasteiger charge is -2.34. The molecule has 1 atom stereocenters. The molecule has 2 aromatic rings. The van der Waals surface area contributed by atoms with Gasteiger partial charge in [0.1, 0.15) is 5.58 Å². The van der Waals surface area contributed by atoms with Gasteiger partial charge < -0.3 is 9.52 Å². The predicted molar refractivity (Wildman–Crippen MR) is 82.6 cm³/mol. The summed E-state index contributed by atoms with van der Waals surface area (Å²) in [5.74, 6) is 0. The van der Waals surface area contributed by atoms with Crippen molar-refractivity contribution in [2.75, 3.05) is 13.2 Å². The molecule has 1 N–H and O–H groups in total. The Morgan fingerprint density at radius 3 is 3.05 bits per heavy atom. The molecule has 1 aromatic carbocycles. The molecule has 1 fully saturated rings. The number of hydrogen-bond donors (Lipinski definition) is 1. The summed E-state index contributed by atoms with van der Waals surface area (Å²) >= 11 is 5.96. The molecule has 0 bridgehead atoms. The Morgan fingerprint density at radius 1 is 1.38 bits per heavy atom. The number of likely N-dealkylation sites (tertiary alicyclic amines) is 1. The molecule has 0 amide bonds.